The first kappa shape index (κ1) is 24.9. The molecule has 0 N–H and O–H groups in total. The second-order valence-corrected chi connectivity index (χ2v) is 15.9. The van der Waals surface area contributed by atoms with Crippen molar-refractivity contribution in [3.8, 4) is 0 Å². The minimum atomic E-state index is -5.77. The van der Waals surface area contributed by atoms with Crippen molar-refractivity contribution >= 4 is 18.4 Å². The molecule has 0 saturated carbocycles. The second-order valence-electron chi connectivity index (χ2n) is 9.58. The average Bonchev–Trinajstić information content (AvgIpc) is 2.57. The minimum absolute atomic E-state index is 0.110. The Kier molecular flexibility index (Phi) is 6.91. The summed E-state index contributed by atoms with van der Waals surface area (Å²) in [5.41, 5.74) is -5.69. The molecular formula is C21H31F3O4SSi. The first-order valence-electron chi connectivity index (χ1n) is 9.93. The molecule has 0 heterocycles. The molecule has 30 heavy (non-hydrogen) atoms. The molecule has 0 saturated heterocycles. The van der Waals surface area contributed by atoms with Crippen LogP contribution in [0.3, 0.4) is 0 Å². The lowest BCUT2D eigenvalue weighted by molar-refractivity contribution is -0.0554. The molecule has 1 aliphatic rings. The third kappa shape index (κ3) is 5.29. The number of hydrogen-bond donors (Lipinski definition) is 0. The molecule has 0 spiro atoms. The predicted molar refractivity (Wildman–Crippen MR) is 114 cm³/mol. The van der Waals surface area contributed by atoms with E-state index in [0.29, 0.717) is 19.3 Å². The Balaban J connectivity index is 2.49. The number of rotatable bonds is 6. The Morgan fingerprint density at radius 2 is 1.70 bits per heavy atom. The van der Waals surface area contributed by atoms with Gasteiger partial charge in [0.15, 0.2) is 8.32 Å². The van der Waals surface area contributed by atoms with Crippen molar-refractivity contribution in [1.29, 1.82) is 0 Å². The first-order valence-corrected chi connectivity index (χ1v) is 14.2. The van der Waals surface area contributed by atoms with Crippen molar-refractivity contribution in [2.75, 3.05) is 0 Å². The van der Waals surface area contributed by atoms with Gasteiger partial charge in [-0.1, -0.05) is 51.1 Å². The van der Waals surface area contributed by atoms with Gasteiger partial charge in [-0.05, 0) is 56.0 Å². The molecule has 0 unspecified atom stereocenters. The molecule has 9 heteroatoms. The van der Waals surface area contributed by atoms with Crippen LogP contribution in [0, 0.1) is 5.41 Å². The highest BCUT2D eigenvalue weighted by Crippen LogP contribution is 2.48. The van der Waals surface area contributed by atoms with Gasteiger partial charge in [-0.25, -0.2) is 0 Å². The fourth-order valence-electron chi connectivity index (χ4n) is 3.31. The zero-order valence-electron chi connectivity index (χ0n) is 18.3. The molecular weight excluding hydrogens is 433 g/mol. The molecule has 170 valence electrons. The summed E-state index contributed by atoms with van der Waals surface area (Å²) in [6.07, 6.45) is 2.24. The van der Waals surface area contributed by atoms with Crippen LogP contribution in [0.25, 0.3) is 0 Å². The summed E-state index contributed by atoms with van der Waals surface area (Å²) in [6, 6.07) is 9.24. The summed E-state index contributed by atoms with van der Waals surface area (Å²) in [5, 5.41) is -0.110. The second kappa shape index (κ2) is 8.31. The maximum atomic E-state index is 13.0. The van der Waals surface area contributed by atoms with E-state index < -0.39 is 35.5 Å². The molecule has 1 aromatic carbocycles. The van der Waals surface area contributed by atoms with Gasteiger partial charge in [0.2, 0.25) is 0 Å². The number of allylic oxidation sites excluding steroid dienone is 1. The van der Waals surface area contributed by atoms with Crippen molar-refractivity contribution in [2.24, 2.45) is 5.41 Å². The Labute approximate surface area is 178 Å². The van der Waals surface area contributed by atoms with Gasteiger partial charge in [0, 0.05) is 0 Å². The van der Waals surface area contributed by atoms with Crippen LogP contribution < -0.4 is 0 Å². The summed E-state index contributed by atoms with van der Waals surface area (Å²) >= 11 is 0. The number of hydrogen-bond acceptors (Lipinski definition) is 4. The number of halogens is 3. The van der Waals surface area contributed by atoms with Crippen molar-refractivity contribution < 1.29 is 30.2 Å². The Hall–Kier alpha value is -1.32. The van der Waals surface area contributed by atoms with Crippen LogP contribution >= 0.6 is 0 Å². The lowest BCUT2D eigenvalue weighted by Crippen LogP contribution is -2.51. The van der Waals surface area contributed by atoms with Gasteiger partial charge in [0.05, 0.1) is 11.5 Å². The number of alkyl halides is 3. The summed E-state index contributed by atoms with van der Waals surface area (Å²) in [4.78, 5) is 0. The summed E-state index contributed by atoms with van der Waals surface area (Å²) in [6.45, 7) is 12.1. The molecule has 2 atom stereocenters. The van der Waals surface area contributed by atoms with Crippen LogP contribution in [0.2, 0.25) is 18.1 Å². The van der Waals surface area contributed by atoms with E-state index in [1.54, 1.807) is 6.92 Å². The van der Waals surface area contributed by atoms with E-state index in [1.807, 2.05) is 30.3 Å². The molecule has 0 amide bonds. The maximum absolute atomic E-state index is 13.0. The smallest absolute Gasteiger partial charge is 0.413 e. The largest absolute Gasteiger partial charge is 0.534 e. The summed E-state index contributed by atoms with van der Waals surface area (Å²) in [5.74, 6) is -0.196. The Morgan fingerprint density at radius 3 is 2.20 bits per heavy atom. The molecule has 0 radical (unpaired) electrons. The Bertz CT molecular complexity index is 874. The lowest BCUT2D eigenvalue weighted by Gasteiger charge is -2.47. The number of benzene rings is 1. The highest BCUT2D eigenvalue weighted by atomic mass is 32.2. The van der Waals surface area contributed by atoms with Crippen LogP contribution in [0.5, 0.6) is 0 Å². The van der Waals surface area contributed by atoms with E-state index in [1.165, 1.54) is 6.08 Å². The Morgan fingerprint density at radius 1 is 1.13 bits per heavy atom. The summed E-state index contributed by atoms with van der Waals surface area (Å²) in [7, 11) is -8.05. The van der Waals surface area contributed by atoms with Crippen molar-refractivity contribution in [3.63, 3.8) is 0 Å². The standard InChI is InChI=1S/C21H31F3O4SSi/c1-19(2,3)30(5,6)28-18-14-10-13-17(27-29(25,26)21(22,23)24)20(18,4)15-16-11-8-7-9-12-16/h7-9,11-13,18H,10,14-15H2,1-6H3/t18-,20+/m1/s1. The molecule has 0 aliphatic heterocycles. The fourth-order valence-corrected chi connectivity index (χ4v) is 5.35. The van der Waals surface area contributed by atoms with Crippen LogP contribution in [0.4, 0.5) is 13.2 Å². The van der Waals surface area contributed by atoms with Gasteiger partial charge >= 0.3 is 15.6 Å². The molecule has 2 rings (SSSR count). The first-order chi connectivity index (χ1) is 13.5. The predicted octanol–water partition coefficient (Wildman–Crippen LogP) is 6.17. The van der Waals surface area contributed by atoms with Gasteiger partial charge < -0.3 is 8.61 Å². The topological polar surface area (TPSA) is 52.6 Å². The zero-order valence-corrected chi connectivity index (χ0v) is 20.2. The van der Waals surface area contributed by atoms with Crippen molar-refractivity contribution in [3.05, 3.63) is 47.7 Å². The zero-order chi connectivity index (χ0) is 23.0. The molecule has 0 bridgehead atoms. The monoisotopic (exact) mass is 464 g/mol. The molecule has 1 aliphatic carbocycles. The molecule has 0 aromatic heterocycles. The van der Waals surface area contributed by atoms with Crippen LogP contribution in [-0.2, 0) is 25.1 Å². The van der Waals surface area contributed by atoms with Gasteiger partial charge in [0.25, 0.3) is 0 Å². The van der Waals surface area contributed by atoms with Crippen LogP contribution in [0.15, 0.2) is 42.2 Å². The average molecular weight is 465 g/mol. The molecule has 4 nitrogen and oxygen atoms in total. The van der Waals surface area contributed by atoms with Crippen molar-refractivity contribution in [1.82, 2.24) is 0 Å². The van der Waals surface area contributed by atoms with Gasteiger partial charge in [-0.2, -0.15) is 21.6 Å². The highest BCUT2D eigenvalue weighted by Gasteiger charge is 2.53. The van der Waals surface area contributed by atoms with Crippen LogP contribution in [-0.4, -0.2) is 28.3 Å². The van der Waals surface area contributed by atoms with E-state index in [4.69, 9.17) is 8.61 Å². The van der Waals surface area contributed by atoms with E-state index in [0.717, 1.165) is 5.56 Å². The lowest BCUT2D eigenvalue weighted by atomic mass is 9.72. The maximum Gasteiger partial charge on any atom is 0.534 e. The fraction of sp³-hybridized carbons (Fsp3) is 0.619. The van der Waals surface area contributed by atoms with E-state index in [9.17, 15) is 21.6 Å². The van der Waals surface area contributed by atoms with E-state index in [2.05, 4.69) is 33.9 Å². The SMILES string of the molecule is CC(C)(C)[Si](C)(C)O[C@@H]1CCC=C(OS(=O)(=O)C(F)(F)F)[C@]1(C)Cc1ccccc1. The van der Waals surface area contributed by atoms with Crippen LogP contribution in [0.1, 0.15) is 46.1 Å². The van der Waals surface area contributed by atoms with Gasteiger partial charge in [0.1, 0.15) is 5.76 Å². The van der Waals surface area contributed by atoms with Gasteiger partial charge in [-0.15, -0.1) is 0 Å². The normalized spacial score (nSPS) is 23.8. The third-order valence-corrected chi connectivity index (χ3v) is 11.6. The van der Waals surface area contributed by atoms with E-state index in [-0.39, 0.29) is 10.8 Å². The quantitative estimate of drug-likeness (QED) is 0.287. The summed E-state index contributed by atoms with van der Waals surface area (Å²) < 4.78 is 74.0. The molecule has 0 fully saturated rings. The third-order valence-electron chi connectivity index (χ3n) is 6.17. The van der Waals surface area contributed by atoms with E-state index >= 15 is 0 Å². The van der Waals surface area contributed by atoms with Crippen molar-refractivity contribution in [2.45, 2.75) is 76.7 Å². The van der Waals surface area contributed by atoms with Gasteiger partial charge in [-0.3, -0.25) is 0 Å². The minimum Gasteiger partial charge on any atom is -0.413 e. The highest BCUT2D eigenvalue weighted by molar-refractivity contribution is 7.87. The molecule has 1 aromatic rings.